The van der Waals surface area contributed by atoms with Gasteiger partial charge in [0, 0.05) is 0 Å². The summed E-state index contributed by atoms with van der Waals surface area (Å²) in [5.41, 5.74) is -4.65. The number of carbonyl (C=O) groups excluding carboxylic acids is 1. The number of benzene rings is 1. The van der Waals surface area contributed by atoms with E-state index in [0.717, 1.165) is 0 Å². The third-order valence-corrected chi connectivity index (χ3v) is 2.85. The average Bonchev–Trinajstić information content (AvgIpc) is 2.19. The molecule has 1 aromatic rings. The van der Waals surface area contributed by atoms with Gasteiger partial charge in [0.25, 0.3) is 0 Å². The normalized spacial score (nSPS) is 12.6. The maximum atomic E-state index is 13.3. The van der Waals surface area contributed by atoms with Crippen LogP contribution in [-0.2, 0) is 16.3 Å². The SMILES string of the molecule is O=Cc1c(F)c(F)c(S(=O)(=O)O)c(F)c1C(F)(F)F. The van der Waals surface area contributed by atoms with Gasteiger partial charge < -0.3 is 0 Å². The van der Waals surface area contributed by atoms with Gasteiger partial charge in [-0.3, -0.25) is 9.35 Å². The Morgan fingerprint density at radius 3 is 1.79 bits per heavy atom. The van der Waals surface area contributed by atoms with E-state index in [1.54, 1.807) is 0 Å². The average molecular weight is 308 g/mol. The second kappa shape index (κ2) is 4.49. The van der Waals surface area contributed by atoms with E-state index in [2.05, 4.69) is 0 Å². The molecule has 0 aliphatic rings. The maximum Gasteiger partial charge on any atom is 0.420 e. The number of aldehydes is 1. The first kappa shape index (κ1) is 15.4. The van der Waals surface area contributed by atoms with Crippen molar-refractivity contribution in [2.24, 2.45) is 0 Å². The topological polar surface area (TPSA) is 71.4 Å². The first-order valence-electron chi connectivity index (χ1n) is 4.13. The summed E-state index contributed by atoms with van der Waals surface area (Å²) in [5.74, 6) is -7.94. The van der Waals surface area contributed by atoms with Gasteiger partial charge in [0.2, 0.25) is 0 Å². The second-order valence-corrected chi connectivity index (χ2v) is 4.51. The molecule has 0 aliphatic heterocycles. The van der Waals surface area contributed by atoms with Gasteiger partial charge in [-0.05, 0) is 0 Å². The predicted molar refractivity (Wildman–Crippen MR) is 46.5 cm³/mol. The van der Waals surface area contributed by atoms with Crippen LogP contribution in [0.4, 0.5) is 26.3 Å². The first-order valence-corrected chi connectivity index (χ1v) is 5.57. The molecule has 0 saturated carbocycles. The van der Waals surface area contributed by atoms with Crippen molar-refractivity contribution in [3.05, 3.63) is 28.6 Å². The van der Waals surface area contributed by atoms with Crippen LogP contribution in [0.3, 0.4) is 0 Å². The minimum atomic E-state index is -5.80. The molecule has 0 saturated heterocycles. The van der Waals surface area contributed by atoms with E-state index in [4.69, 9.17) is 4.55 Å². The van der Waals surface area contributed by atoms with Crippen LogP contribution in [0.2, 0.25) is 0 Å². The zero-order valence-electron chi connectivity index (χ0n) is 8.43. The summed E-state index contributed by atoms with van der Waals surface area (Å²) in [4.78, 5) is 7.76. The molecule has 0 amide bonds. The van der Waals surface area contributed by atoms with Crippen molar-refractivity contribution in [2.75, 3.05) is 0 Å². The van der Waals surface area contributed by atoms with Crippen LogP contribution < -0.4 is 0 Å². The molecule has 4 nitrogen and oxygen atoms in total. The molecule has 19 heavy (non-hydrogen) atoms. The van der Waals surface area contributed by atoms with Crippen molar-refractivity contribution in [2.45, 2.75) is 11.1 Å². The lowest BCUT2D eigenvalue weighted by Crippen LogP contribution is -2.19. The number of alkyl halides is 3. The second-order valence-electron chi connectivity index (χ2n) is 3.15. The first-order chi connectivity index (χ1) is 8.42. The number of carbonyl (C=O) groups is 1. The molecule has 0 heterocycles. The van der Waals surface area contributed by atoms with Crippen LogP contribution in [0, 0.1) is 17.5 Å². The van der Waals surface area contributed by atoms with Crippen LogP contribution in [0.5, 0.6) is 0 Å². The standard InChI is InChI=1S/C8H2F6O4S/c9-4-2(1-15)3(8(12,13)14)5(10)7(6(4)11)19(16,17)18/h1H,(H,16,17,18). The van der Waals surface area contributed by atoms with Crippen molar-refractivity contribution in [1.82, 2.24) is 0 Å². The summed E-state index contributed by atoms with van der Waals surface area (Å²) in [7, 11) is -5.80. The largest absolute Gasteiger partial charge is 0.420 e. The third-order valence-electron chi connectivity index (χ3n) is 1.98. The highest BCUT2D eigenvalue weighted by Crippen LogP contribution is 2.38. The summed E-state index contributed by atoms with van der Waals surface area (Å²) in [6.45, 7) is 0. The van der Waals surface area contributed by atoms with Crippen LogP contribution in [0.1, 0.15) is 15.9 Å². The van der Waals surface area contributed by atoms with E-state index >= 15 is 0 Å². The van der Waals surface area contributed by atoms with Crippen molar-refractivity contribution in [3.8, 4) is 0 Å². The van der Waals surface area contributed by atoms with Crippen LogP contribution >= 0.6 is 0 Å². The lowest BCUT2D eigenvalue weighted by atomic mass is 10.1. The molecule has 0 radical (unpaired) electrons. The summed E-state index contributed by atoms with van der Waals surface area (Å²) in [5, 5.41) is 0. The number of hydrogen-bond acceptors (Lipinski definition) is 3. The Labute approximate surface area is 101 Å². The molecule has 0 aliphatic carbocycles. The highest BCUT2D eigenvalue weighted by molar-refractivity contribution is 7.85. The molecule has 1 N–H and O–H groups in total. The number of hydrogen-bond donors (Lipinski definition) is 1. The fourth-order valence-electron chi connectivity index (χ4n) is 1.27. The van der Waals surface area contributed by atoms with E-state index in [9.17, 15) is 39.6 Å². The minimum absolute atomic E-state index is 0.821. The van der Waals surface area contributed by atoms with Gasteiger partial charge in [0.15, 0.2) is 28.6 Å². The van der Waals surface area contributed by atoms with E-state index in [-0.39, 0.29) is 0 Å². The summed E-state index contributed by atoms with van der Waals surface area (Å²) < 4.78 is 106. The van der Waals surface area contributed by atoms with Crippen LogP contribution in [0.15, 0.2) is 4.90 Å². The summed E-state index contributed by atoms with van der Waals surface area (Å²) in [6, 6.07) is 0. The predicted octanol–water partition coefficient (Wildman–Crippen LogP) is 2.18. The Kier molecular flexibility index (Phi) is 3.65. The smallest absolute Gasteiger partial charge is 0.298 e. The minimum Gasteiger partial charge on any atom is -0.298 e. The molecular weight excluding hydrogens is 306 g/mol. The Hall–Kier alpha value is -1.62. The molecule has 1 rings (SSSR count). The van der Waals surface area contributed by atoms with Gasteiger partial charge in [0.05, 0.1) is 5.56 Å². The zero-order chi connectivity index (χ0) is 15.2. The summed E-state index contributed by atoms with van der Waals surface area (Å²) >= 11 is 0. The van der Waals surface area contributed by atoms with Crippen molar-refractivity contribution in [1.29, 1.82) is 0 Å². The zero-order valence-corrected chi connectivity index (χ0v) is 9.24. The van der Waals surface area contributed by atoms with Gasteiger partial charge >= 0.3 is 16.3 Å². The quantitative estimate of drug-likeness (QED) is 0.393. The highest BCUT2D eigenvalue weighted by atomic mass is 32.2. The molecule has 0 unspecified atom stereocenters. The van der Waals surface area contributed by atoms with Gasteiger partial charge in [-0.2, -0.15) is 21.6 Å². The van der Waals surface area contributed by atoms with E-state index in [1.165, 1.54) is 0 Å². The molecule has 0 bridgehead atoms. The lowest BCUT2D eigenvalue weighted by Gasteiger charge is -2.14. The molecule has 0 aromatic heterocycles. The molecule has 0 atom stereocenters. The molecular formula is C8H2F6O4S. The fraction of sp³-hybridized carbons (Fsp3) is 0.125. The van der Waals surface area contributed by atoms with E-state index in [1.807, 2.05) is 0 Å². The lowest BCUT2D eigenvalue weighted by molar-refractivity contribution is -0.140. The highest BCUT2D eigenvalue weighted by Gasteiger charge is 2.43. The van der Waals surface area contributed by atoms with Crippen molar-refractivity contribution < 1.29 is 44.1 Å². The van der Waals surface area contributed by atoms with Gasteiger partial charge in [-0.15, -0.1) is 0 Å². The monoisotopic (exact) mass is 308 g/mol. The molecule has 0 fully saturated rings. The number of halogens is 6. The van der Waals surface area contributed by atoms with Crippen LogP contribution in [-0.4, -0.2) is 19.3 Å². The Morgan fingerprint density at radius 1 is 1.00 bits per heavy atom. The van der Waals surface area contributed by atoms with Gasteiger partial charge in [-0.1, -0.05) is 0 Å². The van der Waals surface area contributed by atoms with Crippen LogP contribution in [0.25, 0.3) is 0 Å². The molecule has 1 aromatic carbocycles. The molecule has 0 spiro atoms. The summed E-state index contributed by atoms with van der Waals surface area (Å²) in [6.07, 6.45) is -6.49. The Morgan fingerprint density at radius 2 is 1.47 bits per heavy atom. The number of rotatable bonds is 2. The van der Waals surface area contributed by atoms with Crippen molar-refractivity contribution in [3.63, 3.8) is 0 Å². The Balaban J connectivity index is 4.05. The van der Waals surface area contributed by atoms with Crippen molar-refractivity contribution >= 4 is 16.4 Å². The maximum absolute atomic E-state index is 13.3. The van der Waals surface area contributed by atoms with E-state index < -0.39 is 56.1 Å². The Bertz CT molecular complexity index is 648. The van der Waals surface area contributed by atoms with E-state index in [0.29, 0.717) is 0 Å². The molecule has 11 heteroatoms. The fourth-order valence-corrected chi connectivity index (χ4v) is 1.91. The molecule has 106 valence electrons. The van der Waals surface area contributed by atoms with Gasteiger partial charge in [0.1, 0.15) is 5.56 Å². The third kappa shape index (κ3) is 2.56. The van der Waals surface area contributed by atoms with Gasteiger partial charge in [-0.25, -0.2) is 13.2 Å².